The summed E-state index contributed by atoms with van der Waals surface area (Å²) in [6, 6.07) is 5.43. The van der Waals surface area contributed by atoms with Crippen molar-refractivity contribution in [2.45, 2.75) is 9.79 Å². The molecule has 0 atom stereocenters. The number of carbonyl (C=O) groups excluding carboxylic acids is 1. The molecule has 0 saturated heterocycles. The van der Waals surface area contributed by atoms with E-state index in [-0.39, 0.29) is 17.7 Å². The van der Waals surface area contributed by atoms with Crippen LogP contribution in [0.4, 0.5) is 0 Å². The molecule has 118 valence electrons. The quantitative estimate of drug-likeness (QED) is 0.602. The van der Waals surface area contributed by atoms with Crippen molar-refractivity contribution < 1.29 is 35.5 Å². The Bertz CT molecular complexity index is 939. The number of aldehydes is 1. The van der Waals surface area contributed by atoms with Gasteiger partial charge in [-0.15, -0.1) is 0 Å². The maximum absolute atomic E-state index is 11.2. The van der Waals surface area contributed by atoms with E-state index in [1.807, 2.05) is 0 Å². The van der Waals surface area contributed by atoms with Crippen molar-refractivity contribution in [1.82, 2.24) is 0 Å². The third-order valence-corrected chi connectivity index (χ3v) is 4.44. The maximum Gasteiger partial charge on any atom is 0.294 e. The molecule has 0 unspecified atom stereocenters. The molecular weight excluding hydrogens is 336 g/mol. The van der Waals surface area contributed by atoms with Crippen LogP contribution in [0.25, 0.3) is 10.8 Å². The van der Waals surface area contributed by atoms with Gasteiger partial charge >= 0.3 is 0 Å². The van der Waals surface area contributed by atoms with Gasteiger partial charge < -0.3 is 4.74 Å². The van der Waals surface area contributed by atoms with Crippen LogP contribution in [0.5, 0.6) is 5.75 Å². The van der Waals surface area contributed by atoms with Crippen LogP contribution < -0.4 is 4.74 Å². The van der Waals surface area contributed by atoms with Crippen LogP contribution in [0.1, 0.15) is 0 Å². The van der Waals surface area contributed by atoms with Gasteiger partial charge in [-0.25, -0.2) is 0 Å². The number of rotatable bonds is 5. The predicted octanol–water partition coefficient (Wildman–Crippen LogP) is 0.911. The van der Waals surface area contributed by atoms with E-state index in [4.69, 9.17) is 13.8 Å². The number of carbonyl (C=O) groups is 1. The SMILES string of the molecule is O=CCOc1cc(S(=O)(=O)O)cc2cc(S(=O)(=O)O)ccc12. The Morgan fingerprint density at radius 1 is 0.955 bits per heavy atom. The molecule has 0 spiro atoms. The number of benzene rings is 2. The largest absolute Gasteiger partial charge is 0.485 e. The Kier molecular flexibility index (Phi) is 4.20. The molecule has 2 aromatic carbocycles. The zero-order chi connectivity index (χ0) is 16.5. The van der Waals surface area contributed by atoms with Crippen molar-refractivity contribution in [3.63, 3.8) is 0 Å². The second-order valence-corrected chi connectivity index (χ2v) is 7.08. The molecule has 0 amide bonds. The normalized spacial score (nSPS) is 12.3. The van der Waals surface area contributed by atoms with Crippen LogP contribution in [-0.4, -0.2) is 38.8 Å². The van der Waals surface area contributed by atoms with Crippen LogP contribution in [0.3, 0.4) is 0 Å². The van der Waals surface area contributed by atoms with E-state index in [1.54, 1.807) is 0 Å². The van der Waals surface area contributed by atoms with Crippen molar-refractivity contribution >= 4 is 37.3 Å². The molecule has 0 aliphatic heterocycles. The summed E-state index contributed by atoms with van der Waals surface area (Å²) in [5.74, 6) is -0.0286. The average molecular weight is 346 g/mol. The molecule has 0 bridgehead atoms. The predicted molar refractivity (Wildman–Crippen MR) is 75.1 cm³/mol. The first kappa shape index (κ1) is 16.4. The Hall–Kier alpha value is -2.01. The Labute approximate surface area is 125 Å². The van der Waals surface area contributed by atoms with E-state index in [0.29, 0.717) is 11.7 Å². The fourth-order valence-electron chi connectivity index (χ4n) is 1.84. The van der Waals surface area contributed by atoms with Crippen LogP contribution in [0.15, 0.2) is 40.1 Å². The maximum atomic E-state index is 11.2. The van der Waals surface area contributed by atoms with Crippen molar-refractivity contribution in [2.75, 3.05) is 6.61 Å². The van der Waals surface area contributed by atoms with E-state index in [0.717, 1.165) is 24.3 Å². The number of hydrogen-bond donors (Lipinski definition) is 2. The topological polar surface area (TPSA) is 135 Å². The monoisotopic (exact) mass is 346 g/mol. The third-order valence-electron chi connectivity index (χ3n) is 2.76. The lowest BCUT2D eigenvalue weighted by molar-refractivity contribution is -0.109. The highest BCUT2D eigenvalue weighted by Gasteiger charge is 2.17. The highest BCUT2D eigenvalue weighted by Crippen LogP contribution is 2.31. The summed E-state index contributed by atoms with van der Waals surface area (Å²) in [6.45, 7) is -0.357. The van der Waals surface area contributed by atoms with Gasteiger partial charge in [-0.05, 0) is 29.7 Å². The second kappa shape index (κ2) is 5.65. The van der Waals surface area contributed by atoms with Crippen LogP contribution >= 0.6 is 0 Å². The van der Waals surface area contributed by atoms with Crippen molar-refractivity contribution in [2.24, 2.45) is 0 Å². The zero-order valence-corrected chi connectivity index (χ0v) is 12.5. The lowest BCUT2D eigenvalue weighted by Crippen LogP contribution is -2.03. The van der Waals surface area contributed by atoms with Gasteiger partial charge in [0, 0.05) is 11.5 Å². The molecule has 0 aromatic heterocycles. The summed E-state index contributed by atoms with van der Waals surface area (Å²) in [4.78, 5) is 9.39. The summed E-state index contributed by atoms with van der Waals surface area (Å²) in [6.07, 6.45) is 0.443. The van der Waals surface area contributed by atoms with Gasteiger partial charge in [-0.3, -0.25) is 13.9 Å². The molecule has 8 nitrogen and oxygen atoms in total. The second-order valence-electron chi connectivity index (χ2n) is 4.23. The van der Waals surface area contributed by atoms with Gasteiger partial charge in [-0.2, -0.15) is 16.8 Å². The molecule has 0 fully saturated rings. The minimum atomic E-state index is -4.57. The van der Waals surface area contributed by atoms with Crippen LogP contribution in [0.2, 0.25) is 0 Å². The van der Waals surface area contributed by atoms with Gasteiger partial charge in [-0.1, -0.05) is 0 Å². The average Bonchev–Trinajstić information content (AvgIpc) is 2.41. The molecule has 0 aliphatic rings. The van der Waals surface area contributed by atoms with Crippen LogP contribution in [0, 0.1) is 0 Å². The molecule has 22 heavy (non-hydrogen) atoms. The highest BCUT2D eigenvalue weighted by molar-refractivity contribution is 7.86. The number of fused-ring (bicyclic) bond motifs is 1. The first-order valence-corrected chi connectivity index (χ1v) is 8.60. The highest BCUT2D eigenvalue weighted by atomic mass is 32.2. The van der Waals surface area contributed by atoms with Crippen LogP contribution in [-0.2, 0) is 25.0 Å². The van der Waals surface area contributed by atoms with Gasteiger partial charge in [0.25, 0.3) is 20.2 Å². The van der Waals surface area contributed by atoms with Crippen molar-refractivity contribution in [1.29, 1.82) is 0 Å². The molecule has 2 aromatic rings. The molecule has 0 aliphatic carbocycles. The Morgan fingerprint density at radius 2 is 1.55 bits per heavy atom. The smallest absolute Gasteiger partial charge is 0.294 e. The Morgan fingerprint density at radius 3 is 2.09 bits per heavy atom. The summed E-state index contributed by atoms with van der Waals surface area (Å²) in [5, 5.41) is 0.396. The Balaban J connectivity index is 2.79. The zero-order valence-electron chi connectivity index (χ0n) is 10.8. The summed E-state index contributed by atoms with van der Waals surface area (Å²) in [5.41, 5.74) is 0. The molecule has 0 radical (unpaired) electrons. The molecule has 10 heteroatoms. The fourth-order valence-corrected chi connectivity index (χ4v) is 2.89. The number of ether oxygens (including phenoxy) is 1. The number of hydrogen-bond acceptors (Lipinski definition) is 6. The van der Waals surface area contributed by atoms with E-state index in [1.165, 1.54) is 6.07 Å². The lowest BCUT2D eigenvalue weighted by Gasteiger charge is -2.10. The molecule has 0 saturated carbocycles. The van der Waals surface area contributed by atoms with Gasteiger partial charge in [0.15, 0.2) is 6.29 Å². The van der Waals surface area contributed by atoms with E-state index in [9.17, 15) is 21.6 Å². The van der Waals surface area contributed by atoms with Gasteiger partial charge in [0.05, 0.1) is 9.79 Å². The van der Waals surface area contributed by atoms with Gasteiger partial charge in [0.1, 0.15) is 12.4 Å². The van der Waals surface area contributed by atoms with Crippen molar-refractivity contribution in [3.05, 3.63) is 30.3 Å². The molecule has 2 rings (SSSR count). The first-order chi connectivity index (χ1) is 10.1. The first-order valence-electron chi connectivity index (χ1n) is 5.72. The summed E-state index contributed by atoms with van der Waals surface area (Å²) >= 11 is 0. The standard InChI is InChI=1S/C12H10O8S2/c13-3-4-20-12-7-10(22(17,18)19)6-8-5-9(21(14,15)16)1-2-11(8)12/h1-3,5-7H,4H2,(H,14,15,16)(H,17,18,19). The van der Waals surface area contributed by atoms with E-state index in [2.05, 4.69) is 0 Å². The van der Waals surface area contributed by atoms with E-state index < -0.39 is 30.0 Å². The fraction of sp³-hybridized carbons (Fsp3) is 0.0833. The van der Waals surface area contributed by atoms with Crippen molar-refractivity contribution in [3.8, 4) is 5.75 Å². The summed E-state index contributed by atoms with van der Waals surface area (Å²) in [7, 11) is -9.05. The minimum absolute atomic E-state index is 0.0286. The molecule has 0 heterocycles. The third kappa shape index (κ3) is 3.42. The molecule has 2 N–H and O–H groups in total. The molecular formula is C12H10O8S2. The minimum Gasteiger partial charge on any atom is -0.485 e. The van der Waals surface area contributed by atoms with E-state index >= 15 is 0 Å². The summed E-state index contributed by atoms with van der Waals surface area (Å²) < 4.78 is 67.9. The lowest BCUT2D eigenvalue weighted by atomic mass is 10.1. The van der Waals surface area contributed by atoms with Gasteiger partial charge in [0.2, 0.25) is 0 Å².